The van der Waals surface area contributed by atoms with Crippen LogP contribution in [0.4, 0.5) is 13.6 Å². The van der Waals surface area contributed by atoms with Crippen LogP contribution in [0.25, 0.3) is 5.65 Å². The maximum Gasteiger partial charge on any atom is 0.410 e. The van der Waals surface area contributed by atoms with Crippen LogP contribution < -0.4 is 11.1 Å². The van der Waals surface area contributed by atoms with Gasteiger partial charge in [-0.05, 0) is 43.7 Å². The molecule has 3 heterocycles. The maximum atomic E-state index is 13.6. The van der Waals surface area contributed by atoms with Crippen LogP contribution >= 0.6 is 0 Å². The van der Waals surface area contributed by atoms with Gasteiger partial charge in [0.1, 0.15) is 24.3 Å². The number of hydrogen-bond donors (Lipinski definition) is 2. The lowest BCUT2D eigenvalue weighted by Gasteiger charge is -2.26. The average molecular weight is 533 g/mol. The third kappa shape index (κ3) is 6.79. The molecule has 1 fully saturated rings. The van der Waals surface area contributed by atoms with Gasteiger partial charge < -0.3 is 30.2 Å². The number of morpholine rings is 1. The molecule has 38 heavy (non-hydrogen) atoms. The molecule has 11 nitrogen and oxygen atoms in total. The van der Waals surface area contributed by atoms with Crippen LogP contribution in [0.3, 0.4) is 0 Å². The Morgan fingerprint density at radius 3 is 2.53 bits per heavy atom. The van der Waals surface area contributed by atoms with E-state index in [2.05, 4.69) is 15.5 Å². The van der Waals surface area contributed by atoms with Crippen LogP contribution in [0.2, 0.25) is 0 Å². The quantitative estimate of drug-likeness (QED) is 0.428. The molecule has 2 amide bonds. The predicted octanol–water partition coefficient (Wildman–Crippen LogP) is 2.09. The van der Waals surface area contributed by atoms with Crippen molar-refractivity contribution in [2.75, 3.05) is 32.9 Å². The zero-order valence-electron chi connectivity index (χ0n) is 21.2. The molecule has 1 aliphatic heterocycles. The monoisotopic (exact) mass is 532 g/mol. The molecule has 1 saturated heterocycles. The summed E-state index contributed by atoms with van der Waals surface area (Å²) in [6.07, 6.45) is -0.472. The second-order valence-corrected chi connectivity index (χ2v) is 9.46. The minimum atomic E-state index is -1.21. The van der Waals surface area contributed by atoms with Crippen LogP contribution in [0, 0.1) is 11.6 Å². The smallest absolute Gasteiger partial charge is 0.410 e. The summed E-state index contributed by atoms with van der Waals surface area (Å²) in [5.74, 6) is -1.62. The van der Waals surface area contributed by atoms with Crippen molar-refractivity contribution >= 4 is 17.6 Å². The highest BCUT2D eigenvalue weighted by molar-refractivity contribution is 5.85. The molecule has 1 aromatic carbocycles. The molecular formula is C25H30F2N6O5. The molecule has 1 aliphatic rings. The maximum absolute atomic E-state index is 13.6. The molecule has 0 spiro atoms. The number of carbonyl (C=O) groups excluding carboxylic acids is 2. The van der Waals surface area contributed by atoms with Crippen molar-refractivity contribution < 1.29 is 32.6 Å². The number of nitrogens with one attached hydrogen (secondary N) is 1. The Bertz CT molecular complexity index is 1270. The first kappa shape index (κ1) is 27.4. The van der Waals surface area contributed by atoms with Gasteiger partial charge in [0.15, 0.2) is 11.5 Å². The number of rotatable bonds is 9. The van der Waals surface area contributed by atoms with E-state index in [1.807, 2.05) is 0 Å². The molecule has 4 rings (SSSR count). The number of aromatic nitrogens is 3. The molecule has 1 atom stereocenters. The number of fused-ring (bicyclic) bond motifs is 1. The summed E-state index contributed by atoms with van der Waals surface area (Å²) in [5.41, 5.74) is 6.07. The highest BCUT2D eigenvalue weighted by atomic mass is 19.1. The third-order valence-electron chi connectivity index (χ3n) is 5.82. The van der Waals surface area contributed by atoms with Gasteiger partial charge in [0.25, 0.3) is 0 Å². The SMILES string of the molecule is CC(C)(N)C(=O)N[C@H](COCc1cc(F)cc(F)c1)c1nnc2cccc(COC(=O)N3CCOCC3)n12. The van der Waals surface area contributed by atoms with Gasteiger partial charge in [0, 0.05) is 19.2 Å². The largest absolute Gasteiger partial charge is 0.443 e. The van der Waals surface area contributed by atoms with Crippen LogP contribution in [0.1, 0.15) is 37.0 Å². The molecule has 13 heteroatoms. The zero-order valence-corrected chi connectivity index (χ0v) is 21.2. The van der Waals surface area contributed by atoms with E-state index >= 15 is 0 Å². The molecular weight excluding hydrogens is 502 g/mol. The lowest BCUT2D eigenvalue weighted by atomic mass is 10.1. The van der Waals surface area contributed by atoms with E-state index in [4.69, 9.17) is 19.9 Å². The predicted molar refractivity (Wildman–Crippen MR) is 131 cm³/mol. The number of ether oxygens (including phenoxy) is 3. The van der Waals surface area contributed by atoms with Crippen molar-refractivity contribution in [3.63, 3.8) is 0 Å². The lowest BCUT2D eigenvalue weighted by Crippen LogP contribution is -2.51. The lowest BCUT2D eigenvalue weighted by molar-refractivity contribution is -0.126. The molecule has 0 bridgehead atoms. The molecule has 204 valence electrons. The van der Waals surface area contributed by atoms with Crippen molar-refractivity contribution in [3.05, 3.63) is 65.1 Å². The van der Waals surface area contributed by atoms with Crippen LogP contribution in [0.15, 0.2) is 36.4 Å². The molecule has 0 aliphatic carbocycles. The second kappa shape index (κ2) is 11.8. The van der Waals surface area contributed by atoms with Gasteiger partial charge >= 0.3 is 6.09 Å². The fraction of sp³-hybridized carbons (Fsp3) is 0.440. The molecule has 0 radical (unpaired) electrons. The van der Waals surface area contributed by atoms with Crippen molar-refractivity contribution in [2.24, 2.45) is 5.73 Å². The van der Waals surface area contributed by atoms with Gasteiger partial charge in [-0.3, -0.25) is 9.20 Å². The molecule has 0 unspecified atom stereocenters. The number of halogens is 2. The van der Waals surface area contributed by atoms with E-state index in [1.54, 1.807) is 41.3 Å². The van der Waals surface area contributed by atoms with E-state index < -0.39 is 35.2 Å². The van der Waals surface area contributed by atoms with E-state index in [0.717, 1.165) is 18.2 Å². The first-order valence-electron chi connectivity index (χ1n) is 12.1. The number of pyridine rings is 1. The van der Waals surface area contributed by atoms with Gasteiger partial charge in [-0.1, -0.05) is 6.07 Å². The summed E-state index contributed by atoms with van der Waals surface area (Å²) in [5, 5.41) is 11.3. The molecule has 0 saturated carbocycles. The Hall–Kier alpha value is -3.68. The number of hydrogen-bond acceptors (Lipinski definition) is 8. The summed E-state index contributed by atoms with van der Waals surface area (Å²) >= 11 is 0. The third-order valence-corrected chi connectivity index (χ3v) is 5.82. The van der Waals surface area contributed by atoms with Crippen molar-refractivity contribution in [1.29, 1.82) is 0 Å². The Balaban J connectivity index is 1.56. The van der Waals surface area contributed by atoms with E-state index in [-0.39, 0.29) is 25.4 Å². The number of nitrogens with two attached hydrogens (primary N) is 1. The Morgan fingerprint density at radius 2 is 1.84 bits per heavy atom. The summed E-state index contributed by atoms with van der Waals surface area (Å²) in [6.45, 7) is 4.57. The average Bonchev–Trinajstić information content (AvgIpc) is 3.31. The van der Waals surface area contributed by atoms with E-state index in [1.165, 1.54) is 0 Å². The topological polar surface area (TPSA) is 133 Å². The zero-order chi connectivity index (χ0) is 27.3. The van der Waals surface area contributed by atoms with Crippen molar-refractivity contribution in [1.82, 2.24) is 24.8 Å². The summed E-state index contributed by atoms with van der Waals surface area (Å²) < 4.78 is 45.3. The highest BCUT2D eigenvalue weighted by Crippen LogP contribution is 2.19. The normalized spacial score (nSPS) is 14.9. The summed E-state index contributed by atoms with van der Waals surface area (Å²) in [7, 11) is 0. The van der Waals surface area contributed by atoms with Gasteiger partial charge in [-0.15, -0.1) is 10.2 Å². The van der Waals surface area contributed by atoms with Crippen LogP contribution in [-0.4, -0.2) is 69.9 Å². The highest BCUT2D eigenvalue weighted by Gasteiger charge is 2.29. The standard InChI is InChI=1S/C25H30F2N6O5/c1-25(2,28)23(34)29-20(15-37-13-16-10-17(26)12-18(27)11-16)22-31-30-21-5-3-4-19(33(21)22)14-38-24(35)32-6-8-36-9-7-32/h3-5,10-12,20H,6-9,13-15,28H2,1-2H3,(H,29,34)/t20-/m1/s1. The first-order chi connectivity index (χ1) is 18.1. The van der Waals surface area contributed by atoms with Crippen LogP contribution in [-0.2, 0) is 32.2 Å². The van der Waals surface area contributed by atoms with Crippen molar-refractivity contribution in [3.8, 4) is 0 Å². The number of carbonyl (C=O) groups is 2. The van der Waals surface area contributed by atoms with E-state index in [9.17, 15) is 18.4 Å². The minimum absolute atomic E-state index is 0.0783. The van der Waals surface area contributed by atoms with Gasteiger partial charge in [0.2, 0.25) is 5.91 Å². The van der Waals surface area contributed by atoms with Gasteiger partial charge in [0.05, 0.1) is 37.7 Å². The number of amides is 2. The van der Waals surface area contributed by atoms with Crippen LogP contribution in [0.5, 0.6) is 0 Å². The summed E-state index contributed by atoms with van der Waals surface area (Å²) in [6, 6.07) is 7.46. The fourth-order valence-corrected chi connectivity index (χ4v) is 3.86. The Kier molecular flexibility index (Phi) is 8.49. The first-order valence-corrected chi connectivity index (χ1v) is 12.1. The van der Waals surface area contributed by atoms with Crippen molar-refractivity contribution in [2.45, 2.75) is 38.6 Å². The Morgan fingerprint density at radius 1 is 1.13 bits per heavy atom. The summed E-state index contributed by atoms with van der Waals surface area (Å²) in [4.78, 5) is 26.8. The second-order valence-electron chi connectivity index (χ2n) is 9.46. The molecule has 3 N–H and O–H groups in total. The van der Waals surface area contributed by atoms with Gasteiger partial charge in [-0.25, -0.2) is 13.6 Å². The molecule has 2 aromatic heterocycles. The number of benzene rings is 1. The fourth-order valence-electron chi connectivity index (χ4n) is 3.86. The Labute approximate surface area is 217 Å². The number of nitrogens with zero attached hydrogens (tertiary/aromatic N) is 4. The molecule has 3 aromatic rings. The van der Waals surface area contributed by atoms with Gasteiger partial charge in [-0.2, -0.15) is 0 Å². The minimum Gasteiger partial charge on any atom is -0.443 e. The van der Waals surface area contributed by atoms with E-state index in [0.29, 0.717) is 43.5 Å².